The van der Waals surface area contributed by atoms with Crippen molar-refractivity contribution in [3.8, 4) is 0 Å². The maximum Gasteiger partial charge on any atom is 0.0215 e. The van der Waals surface area contributed by atoms with Gasteiger partial charge in [0.1, 0.15) is 0 Å². The van der Waals surface area contributed by atoms with Crippen LogP contribution in [0, 0.1) is 0 Å². The van der Waals surface area contributed by atoms with Crippen LogP contribution in [0.4, 0.5) is 0 Å². The Morgan fingerprint density at radius 3 is 2.78 bits per heavy atom. The van der Waals surface area contributed by atoms with E-state index >= 15 is 0 Å². The van der Waals surface area contributed by atoms with Crippen molar-refractivity contribution < 1.29 is 0 Å². The summed E-state index contributed by atoms with van der Waals surface area (Å²) >= 11 is 3.29. The van der Waals surface area contributed by atoms with Crippen LogP contribution in [0.1, 0.15) is 6.92 Å². The number of rotatable bonds is 3. The molecule has 0 unspecified atom stereocenters. The van der Waals surface area contributed by atoms with E-state index in [9.17, 15) is 0 Å². The van der Waals surface area contributed by atoms with E-state index in [1.54, 1.807) is 6.08 Å². The minimum absolute atomic E-state index is 0.912. The van der Waals surface area contributed by atoms with Gasteiger partial charge in [0.05, 0.1) is 0 Å². The molecule has 1 heteroatoms. The van der Waals surface area contributed by atoms with E-state index in [1.165, 1.54) is 5.57 Å². The zero-order chi connectivity index (χ0) is 7.11. The van der Waals surface area contributed by atoms with E-state index in [2.05, 4.69) is 34.7 Å². The van der Waals surface area contributed by atoms with Crippen molar-refractivity contribution in [3.05, 3.63) is 36.5 Å². The molecule has 0 atom stereocenters. The fourth-order valence-corrected chi connectivity index (χ4v) is 0.659. The Labute approximate surface area is 65.1 Å². The molecule has 0 spiro atoms. The van der Waals surface area contributed by atoms with E-state index in [-0.39, 0.29) is 0 Å². The van der Waals surface area contributed by atoms with Crippen LogP contribution >= 0.6 is 15.9 Å². The van der Waals surface area contributed by atoms with Gasteiger partial charge in [0, 0.05) is 5.33 Å². The van der Waals surface area contributed by atoms with Crippen molar-refractivity contribution in [2.75, 3.05) is 5.33 Å². The summed E-state index contributed by atoms with van der Waals surface area (Å²) in [4.78, 5) is 0. The second kappa shape index (κ2) is 5.83. The Kier molecular flexibility index (Phi) is 5.64. The van der Waals surface area contributed by atoms with Crippen molar-refractivity contribution in [2.45, 2.75) is 6.92 Å². The Morgan fingerprint density at radius 1 is 1.67 bits per heavy atom. The molecule has 0 aromatic carbocycles. The van der Waals surface area contributed by atoms with Crippen LogP contribution in [0.2, 0.25) is 0 Å². The first kappa shape index (κ1) is 8.70. The highest BCUT2D eigenvalue weighted by Gasteiger charge is 1.74. The summed E-state index contributed by atoms with van der Waals surface area (Å²) in [5.41, 5.74) is 1.23. The SMILES string of the molecule is C=C/C=C(C)\C=C/CBr. The highest BCUT2D eigenvalue weighted by atomic mass is 79.9. The van der Waals surface area contributed by atoms with Gasteiger partial charge in [-0.25, -0.2) is 0 Å². The molecule has 50 valence electrons. The molecule has 0 aromatic heterocycles. The van der Waals surface area contributed by atoms with Gasteiger partial charge in [0.2, 0.25) is 0 Å². The van der Waals surface area contributed by atoms with E-state index in [0.717, 1.165) is 5.33 Å². The first-order valence-corrected chi connectivity index (χ1v) is 3.95. The smallest absolute Gasteiger partial charge is 0.0215 e. The first-order chi connectivity index (χ1) is 4.31. The van der Waals surface area contributed by atoms with Crippen molar-refractivity contribution in [2.24, 2.45) is 0 Å². The second-order valence-corrected chi connectivity index (χ2v) is 2.35. The third-order valence-electron chi connectivity index (χ3n) is 0.851. The van der Waals surface area contributed by atoms with Gasteiger partial charge in [-0.05, 0) is 6.92 Å². The van der Waals surface area contributed by atoms with E-state index in [0.29, 0.717) is 0 Å². The lowest BCUT2D eigenvalue weighted by atomic mass is 10.2. The summed E-state index contributed by atoms with van der Waals surface area (Å²) in [6.45, 7) is 5.63. The van der Waals surface area contributed by atoms with Crippen LogP contribution < -0.4 is 0 Å². The minimum atomic E-state index is 0.912. The monoisotopic (exact) mass is 186 g/mol. The second-order valence-electron chi connectivity index (χ2n) is 1.70. The predicted molar refractivity (Wildman–Crippen MR) is 46.9 cm³/mol. The maximum absolute atomic E-state index is 3.59. The molecule has 0 saturated heterocycles. The maximum atomic E-state index is 3.59. The first-order valence-electron chi connectivity index (χ1n) is 2.83. The van der Waals surface area contributed by atoms with Gasteiger partial charge in [-0.1, -0.05) is 52.4 Å². The van der Waals surface area contributed by atoms with E-state index in [1.807, 2.05) is 13.0 Å². The molecule has 0 N–H and O–H groups in total. The van der Waals surface area contributed by atoms with Gasteiger partial charge < -0.3 is 0 Å². The van der Waals surface area contributed by atoms with Crippen LogP contribution in [0.5, 0.6) is 0 Å². The quantitative estimate of drug-likeness (QED) is 0.470. The molecule has 0 rings (SSSR count). The van der Waals surface area contributed by atoms with Crippen molar-refractivity contribution in [3.63, 3.8) is 0 Å². The van der Waals surface area contributed by atoms with Crippen LogP contribution in [0.15, 0.2) is 36.5 Å². The van der Waals surface area contributed by atoms with Gasteiger partial charge in [0.25, 0.3) is 0 Å². The Hall–Kier alpha value is -0.300. The largest absolute Gasteiger partial charge is 0.0991 e. The summed E-state index contributed by atoms with van der Waals surface area (Å²) in [6, 6.07) is 0. The zero-order valence-corrected chi connectivity index (χ0v) is 7.19. The van der Waals surface area contributed by atoms with Gasteiger partial charge in [-0.2, -0.15) is 0 Å². The minimum Gasteiger partial charge on any atom is -0.0991 e. The van der Waals surface area contributed by atoms with Crippen LogP contribution in [0.3, 0.4) is 0 Å². The average Bonchev–Trinajstić information content (AvgIpc) is 1.85. The molecule has 0 aliphatic carbocycles. The normalized spacial score (nSPS) is 12.4. The lowest BCUT2D eigenvalue weighted by Gasteiger charge is -1.84. The van der Waals surface area contributed by atoms with E-state index in [4.69, 9.17) is 0 Å². The standard InChI is InChI=1S/C8H11Br/c1-3-5-8(2)6-4-7-9/h3-6H,1,7H2,2H3/b6-4-,8-5-. The summed E-state index contributed by atoms with van der Waals surface area (Å²) in [6.07, 6.45) is 7.86. The molecule has 0 aliphatic heterocycles. The Bertz CT molecular complexity index is 132. The van der Waals surface area contributed by atoms with Gasteiger partial charge in [0.15, 0.2) is 0 Å². The highest BCUT2D eigenvalue weighted by Crippen LogP contribution is 1.95. The highest BCUT2D eigenvalue weighted by molar-refractivity contribution is 9.09. The predicted octanol–water partition coefficient (Wildman–Crippen LogP) is 3.07. The molecule has 0 heterocycles. The number of alkyl halides is 1. The molecule has 0 radical (unpaired) electrons. The molecule has 0 nitrogen and oxygen atoms in total. The number of halogens is 1. The average molecular weight is 187 g/mol. The summed E-state index contributed by atoms with van der Waals surface area (Å²) < 4.78 is 0. The lowest BCUT2D eigenvalue weighted by molar-refractivity contribution is 1.51. The third-order valence-corrected chi connectivity index (χ3v) is 1.22. The van der Waals surface area contributed by atoms with E-state index < -0.39 is 0 Å². The topological polar surface area (TPSA) is 0 Å². The zero-order valence-electron chi connectivity index (χ0n) is 5.60. The van der Waals surface area contributed by atoms with Crippen LogP contribution in [0.25, 0.3) is 0 Å². The molecular formula is C8H11Br. The lowest BCUT2D eigenvalue weighted by Crippen LogP contribution is -1.65. The Morgan fingerprint density at radius 2 is 2.33 bits per heavy atom. The van der Waals surface area contributed by atoms with Crippen molar-refractivity contribution in [1.29, 1.82) is 0 Å². The van der Waals surface area contributed by atoms with Crippen molar-refractivity contribution in [1.82, 2.24) is 0 Å². The Balaban J connectivity index is 3.74. The van der Waals surface area contributed by atoms with Crippen LogP contribution in [-0.2, 0) is 0 Å². The molecule has 0 aliphatic rings. The summed E-state index contributed by atoms with van der Waals surface area (Å²) in [5.74, 6) is 0. The summed E-state index contributed by atoms with van der Waals surface area (Å²) in [7, 11) is 0. The fraction of sp³-hybridized carbons (Fsp3) is 0.250. The van der Waals surface area contributed by atoms with Crippen LogP contribution in [-0.4, -0.2) is 5.33 Å². The molecule has 0 saturated carbocycles. The molecule has 0 fully saturated rings. The number of hydrogen-bond acceptors (Lipinski definition) is 0. The summed E-state index contributed by atoms with van der Waals surface area (Å²) in [5, 5.41) is 0.912. The molecule has 0 amide bonds. The molecule has 0 aromatic rings. The van der Waals surface area contributed by atoms with Gasteiger partial charge in [-0.15, -0.1) is 0 Å². The number of allylic oxidation sites excluding steroid dienone is 5. The third kappa shape index (κ3) is 5.57. The van der Waals surface area contributed by atoms with Gasteiger partial charge in [-0.3, -0.25) is 0 Å². The van der Waals surface area contributed by atoms with Crippen molar-refractivity contribution >= 4 is 15.9 Å². The molecular weight excluding hydrogens is 176 g/mol. The van der Waals surface area contributed by atoms with Gasteiger partial charge >= 0.3 is 0 Å². The number of hydrogen-bond donors (Lipinski definition) is 0. The molecule has 0 bridgehead atoms. The fourth-order valence-electron chi connectivity index (χ4n) is 0.472. The molecule has 9 heavy (non-hydrogen) atoms.